The van der Waals surface area contributed by atoms with Gasteiger partial charge in [0.05, 0.1) is 4.90 Å². The number of benzene rings is 2. The average Bonchev–Trinajstić information content (AvgIpc) is 2.39. The van der Waals surface area contributed by atoms with Crippen LogP contribution in [0.25, 0.3) is 0 Å². The standard InChI is InChI=1S/C15H16ClNO2S/c1-11-5-3-4-6-15(11)12(2)17-20(18,19)14-9-7-13(16)8-10-14/h3-10,12,17H,1-2H3. The van der Waals surface area contributed by atoms with E-state index in [2.05, 4.69) is 4.72 Å². The van der Waals surface area contributed by atoms with Gasteiger partial charge in [-0.1, -0.05) is 35.9 Å². The molecular weight excluding hydrogens is 294 g/mol. The first-order chi connectivity index (χ1) is 9.40. The normalized spacial score (nSPS) is 13.2. The molecular formula is C15H16ClNO2S. The van der Waals surface area contributed by atoms with Crippen LogP contribution in [0.1, 0.15) is 24.1 Å². The molecule has 2 rings (SSSR count). The molecule has 5 heteroatoms. The van der Waals surface area contributed by atoms with Crippen molar-refractivity contribution >= 4 is 21.6 Å². The number of rotatable bonds is 4. The second kappa shape index (κ2) is 5.95. The smallest absolute Gasteiger partial charge is 0.207 e. The van der Waals surface area contributed by atoms with Crippen molar-refractivity contribution in [3.8, 4) is 0 Å². The highest BCUT2D eigenvalue weighted by Gasteiger charge is 2.18. The third-order valence-electron chi connectivity index (χ3n) is 3.11. The third-order valence-corrected chi connectivity index (χ3v) is 4.92. The van der Waals surface area contributed by atoms with E-state index in [0.29, 0.717) is 5.02 Å². The summed E-state index contributed by atoms with van der Waals surface area (Å²) in [6.45, 7) is 3.79. The van der Waals surface area contributed by atoms with E-state index in [1.807, 2.05) is 38.1 Å². The number of nitrogens with one attached hydrogen (secondary N) is 1. The molecule has 2 aromatic rings. The Kier molecular flexibility index (Phi) is 4.48. The summed E-state index contributed by atoms with van der Waals surface area (Å²) in [4.78, 5) is 0.210. The lowest BCUT2D eigenvalue weighted by Crippen LogP contribution is -2.27. The van der Waals surface area contributed by atoms with Crippen molar-refractivity contribution in [3.05, 3.63) is 64.7 Å². The van der Waals surface area contributed by atoms with Gasteiger partial charge in [0.25, 0.3) is 0 Å². The van der Waals surface area contributed by atoms with Gasteiger partial charge in [-0.15, -0.1) is 0 Å². The van der Waals surface area contributed by atoms with E-state index in [9.17, 15) is 8.42 Å². The van der Waals surface area contributed by atoms with Crippen molar-refractivity contribution in [1.29, 1.82) is 0 Å². The highest BCUT2D eigenvalue weighted by atomic mass is 35.5. The minimum atomic E-state index is -3.55. The summed E-state index contributed by atoms with van der Waals surface area (Å²) < 4.78 is 27.2. The van der Waals surface area contributed by atoms with Crippen LogP contribution in [0.5, 0.6) is 0 Å². The lowest BCUT2D eigenvalue weighted by atomic mass is 10.0. The van der Waals surface area contributed by atoms with E-state index >= 15 is 0 Å². The van der Waals surface area contributed by atoms with Gasteiger partial charge in [-0.3, -0.25) is 0 Å². The van der Waals surface area contributed by atoms with Crippen molar-refractivity contribution in [1.82, 2.24) is 4.72 Å². The largest absolute Gasteiger partial charge is 0.241 e. The van der Waals surface area contributed by atoms with E-state index in [0.717, 1.165) is 11.1 Å². The molecule has 1 atom stereocenters. The van der Waals surface area contributed by atoms with Crippen LogP contribution in [-0.2, 0) is 10.0 Å². The molecule has 0 amide bonds. The van der Waals surface area contributed by atoms with Crippen molar-refractivity contribution in [3.63, 3.8) is 0 Å². The molecule has 20 heavy (non-hydrogen) atoms. The molecule has 0 fully saturated rings. The molecule has 1 N–H and O–H groups in total. The van der Waals surface area contributed by atoms with Crippen LogP contribution in [0.2, 0.25) is 5.02 Å². The first-order valence-corrected chi connectivity index (χ1v) is 8.10. The molecule has 2 aromatic carbocycles. The summed E-state index contributed by atoms with van der Waals surface area (Å²) >= 11 is 5.77. The first-order valence-electron chi connectivity index (χ1n) is 6.23. The number of aryl methyl sites for hydroxylation is 1. The highest BCUT2D eigenvalue weighted by molar-refractivity contribution is 7.89. The van der Waals surface area contributed by atoms with E-state index in [1.165, 1.54) is 12.1 Å². The summed E-state index contributed by atoms with van der Waals surface area (Å²) in [6.07, 6.45) is 0. The Hall–Kier alpha value is -1.36. The minimum Gasteiger partial charge on any atom is -0.207 e. The summed E-state index contributed by atoms with van der Waals surface area (Å²) in [5, 5.41) is 0.510. The van der Waals surface area contributed by atoms with Crippen LogP contribution >= 0.6 is 11.6 Å². The molecule has 0 radical (unpaired) electrons. The monoisotopic (exact) mass is 309 g/mol. The lowest BCUT2D eigenvalue weighted by molar-refractivity contribution is 0.566. The Morgan fingerprint density at radius 3 is 2.25 bits per heavy atom. The quantitative estimate of drug-likeness (QED) is 0.936. The lowest BCUT2D eigenvalue weighted by Gasteiger charge is -2.16. The van der Waals surface area contributed by atoms with E-state index < -0.39 is 10.0 Å². The van der Waals surface area contributed by atoms with Gasteiger partial charge in [0.15, 0.2) is 0 Å². The second-order valence-electron chi connectivity index (χ2n) is 4.65. The van der Waals surface area contributed by atoms with Gasteiger partial charge in [0, 0.05) is 11.1 Å². The maximum atomic E-state index is 12.3. The van der Waals surface area contributed by atoms with Crippen LogP contribution in [0.3, 0.4) is 0 Å². The third kappa shape index (κ3) is 3.39. The number of halogens is 1. The van der Waals surface area contributed by atoms with Crippen LogP contribution in [0.15, 0.2) is 53.4 Å². The minimum absolute atomic E-state index is 0.210. The predicted molar refractivity (Wildman–Crippen MR) is 81.4 cm³/mol. The molecule has 0 saturated heterocycles. The molecule has 0 aliphatic rings. The van der Waals surface area contributed by atoms with Gasteiger partial charge in [0.1, 0.15) is 0 Å². The zero-order valence-electron chi connectivity index (χ0n) is 11.3. The van der Waals surface area contributed by atoms with E-state index in [4.69, 9.17) is 11.6 Å². The van der Waals surface area contributed by atoms with Gasteiger partial charge in [-0.25, -0.2) is 13.1 Å². The van der Waals surface area contributed by atoms with Crippen LogP contribution in [-0.4, -0.2) is 8.42 Å². The van der Waals surface area contributed by atoms with E-state index in [1.54, 1.807) is 12.1 Å². The fourth-order valence-corrected chi connectivity index (χ4v) is 3.40. The topological polar surface area (TPSA) is 46.2 Å². The van der Waals surface area contributed by atoms with E-state index in [-0.39, 0.29) is 10.9 Å². The summed E-state index contributed by atoms with van der Waals surface area (Å²) in [7, 11) is -3.55. The SMILES string of the molecule is Cc1ccccc1C(C)NS(=O)(=O)c1ccc(Cl)cc1. The molecule has 0 spiro atoms. The molecule has 0 heterocycles. The van der Waals surface area contributed by atoms with Crippen LogP contribution in [0, 0.1) is 6.92 Å². The predicted octanol–water partition coefficient (Wildman–Crippen LogP) is 3.69. The highest BCUT2D eigenvalue weighted by Crippen LogP contribution is 2.20. The van der Waals surface area contributed by atoms with Crippen molar-refractivity contribution in [2.75, 3.05) is 0 Å². The summed E-state index contributed by atoms with van der Waals surface area (Å²) in [5.74, 6) is 0. The molecule has 0 aliphatic carbocycles. The summed E-state index contributed by atoms with van der Waals surface area (Å²) in [5.41, 5.74) is 2.02. The molecule has 106 valence electrons. The summed E-state index contributed by atoms with van der Waals surface area (Å²) in [6, 6.07) is 13.5. The Balaban J connectivity index is 2.24. The van der Waals surface area contributed by atoms with Gasteiger partial charge in [-0.2, -0.15) is 0 Å². The fourth-order valence-electron chi connectivity index (χ4n) is 2.05. The van der Waals surface area contributed by atoms with Gasteiger partial charge >= 0.3 is 0 Å². The van der Waals surface area contributed by atoms with Gasteiger partial charge in [-0.05, 0) is 49.2 Å². The molecule has 0 aliphatic heterocycles. The second-order valence-corrected chi connectivity index (χ2v) is 6.80. The maximum Gasteiger partial charge on any atom is 0.241 e. The Morgan fingerprint density at radius 1 is 1.05 bits per heavy atom. The zero-order valence-corrected chi connectivity index (χ0v) is 12.9. The average molecular weight is 310 g/mol. The number of sulfonamides is 1. The van der Waals surface area contributed by atoms with Gasteiger partial charge < -0.3 is 0 Å². The molecule has 3 nitrogen and oxygen atoms in total. The van der Waals surface area contributed by atoms with Crippen molar-refractivity contribution < 1.29 is 8.42 Å². The number of hydrogen-bond acceptors (Lipinski definition) is 2. The molecule has 0 saturated carbocycles. The fraction of sp³-hybridized carbons (Fsp3) is 0.200. The Bertz CT molecular complexity index is 696. The zero-order chi connectivity index (χ0) is 14.8. The molecule has 0 bridgehead atoms. The van der Waals surface area contributed by atoms with Crippen molar-refractivity contribution in [2.24, 2.45) is 0 Å². The Morgan fingerprint density at radius 2 is 1.65 bits per heavy atom. The Labute approximate surface area is 124 Å². The maximum absolute atomic E-state index is 12.3. The number of hydrogen-bond donors (Lipinski definition) is 1. The van der Waals surface area contributed by atoms with Gasteiger partial charge in [0.2, 0.25) is 10.0 Å². The molecule has 1 unspecified atom stereocenters. The first kappa shape index (κ1) is 15.0. The molecule has 0 aromatic heterocycles. The van der Waals surface area contributed by atoms with Crippen molar-refractivity contribution in [2.45, 2.75) is 24.8 Å². The van der Waals surface area contributed by atoms with Crippen LogP contribution in [0.4, 0.5) is 0 Å². The van der Waals surface area contributed by atoms with Crippen LogP contribution < -0.4 is 4.72 Å².